The van der Waals surface area contributed by atoms with Crippen molar-refractivity contribution >= 4 is 11.6 Å². The summed E-state index contributed by atoms with van der Waals surface area (Å²) >= 11 is 0. The molecule has 0 aliphatic carbocycles. The number of amides is 1. The van der Waals surface area contributed by atoms with Crippen molar-refractivity contribution in [2.75, 3.05) is 5.32 Å². The Bertz CT molecular complexity index is 885. The summed E-state index contributed by atoms with van der Waals surface area (Å²) in [6, 6.07) is 3.22. The molecule has 8 heteroatoms. The molecule has 0 radical (unpaired) electrons. The third-order valence-electron chi connectivity index (χ3n) is 3.55. The SMILES string of the molecule is Cc1ncn(-c2ncc(NC(=O)c3c(F)cccc3F)cn2)c1C. The molecule has 0 unspecified atom stereocenters. The summed E-state index contributed by atoms with van der Waals surface area (Å²) in [6.45, 7) is 3.74. The first-order chi connectivity index (χ1) is 11.5. The van der Waals surface area contributed by atoms with Gasteiger partial charge in [0.05, 0.1) is 23.8 Å². The lowest BCUT2D eigenvalue weighted by Gasteiger charge is -2.08. The van der Waals surface area contributed by atoms with Gasteiger partial charge in [-0.25, -0.2) is 23.7 Å². The Morgan fingerprint density at radius 1 is 1.08 bits per heavy atom. The van der Waals surface area contributed by atoms with Crippen LogP contribution in [0.4, 0.5) is 14.5 Å². The van der Waals surface area contributed by atoms with E-state index in [-0.39, 0.29) is 5.69 Å². The van der Waals surface area contributed by atoms with E-state index in [2.05, 4.69) is 20.3 Å². The van der Waals surface area contributed by atoms with E-state index in [1.807, 2.05) is 13.8 Å². The van der Waals surface area contributed by atoms with E-state index in [9.17, 15) is 13.6 Å². The number of carbonyl (C=O) groups excluding carboxylic acids is 1. The Balaban J connectivity index is 1.82. The van der Waals surface area contributed by atoms with E-state index in [4.69, 9.17) is 0 Å². The van der Waals surface area contributed by atoms with Crippen LogP contribution in [0.3, 0.4) is 0 Å². The van der Waals surface area contributed by atoms with Crippen LogP contribution in [0.25, 0.3) is 5.95 Å². The number of nitrogens with one attached hydrogen (secondary N) is 1. The lowest BCUT2D eigenvalue weighted by atomic mass is 10.2. The second-order valence-corrected chi connectivity index (χ2v) is 5.11. The normalized spacial score (nSPS) is 10.7. The highest BCUT2D eigenvalue weighted by atomic mass is 19.1. The van der Waals surface area contributed by atoms with Crippen molar-refractivity contribution < 1.29 is 13.6 Å². The van der Waals surface area contributed by atoms with Crippen LogP contribution in [0, 0.1) is 25.5 Å². The molecular weight excluding hydrogens is 316 g/mol. The fourth-order valence-corrected chi connectivity index (χ4v) is 2.12. The van der Waals surface area contributed by atoms with Gasteiger partial charge in [-0.05, 0) is 26.0 Å². The van der Waals surface area contributed by atoms with Crippen LogP contribution in [0.15, 0.2) is 36.9 Å². The van der Waals surface area contributed by atoms with Gasteiger partial charge in [-0.2, -0.15) is 0 Å². The molecule has 0 aliphatic rings. The van der Waals surface area contributed by atoms with Crippen molar-refractivity contribution in [1.82, 2.24) is 19.5 Å². The highest BCUT2D eigenvalue weighted by Gasteiger charge is 2.17. The summed E-state index contributed by atoms with van der Waals surface area (Å²) in [7, 11) is 0. The summed E-state index contributed by atoms with van der Waals surface area (Å²) in [6.07, 6.45) is 4.30. The number of benzene rings is 1. The van der Waals surface area contributed by atoms with Crippen molar-refractivity contribution in [3.05, 3.63) is 65.5 Å². The maximum absolute atomic E-state index is 13.6. The first-order valence-corrected chi connectivity index (χ1v) is 7.05. The first-order valence-electron chi connectivity index (χ1n) is 7.05. The van der Waals surface area contributed by atoms with Crippen molar-refractivity contribution in [3.8, 4) is 5.95 Å². The molecule has 24 heavy (non-hydrogen) atoms. The maximum atomic E-state index is 13.6. The third kappa shape index (κ3) is 2.85. The number of halogens is 2. The van der Waals surface area contributed by atoms with Crippen molar-refractivity contribution in [1.29, 1.82) is 0 Å². The van der Waals surface area contributed by atoms with Gasteiger partial charge >= 0.3 is 0 Å². The van der Waals surface area contributed by atoms with E-state index >= 15 is 0 Å². The zero-order valence-corrected chi connectivity index (χ0v) is 12.9. The summed E-state index contributed by atoms with van der Waals surface area (Å²) in [5.74, 6) is -2.40. The van der Waals surface area contributed by atoms with E-state index in [0.29, 0.717) is 5.95 Å². The molecule has 6 nitrogen and oxygen atoms in total. The highest BCUT2D eigenvalue weighted by Crippen LogP contribution is 2.15. The number of carbonyl (C=O) groups is 1. The smallest absolute Gasteiger partial charge is 0.261 e. The Morgan fingerprint density at radius 3 is 2.25 bits per heavy atom. The lowest BCUT2D eigenvalue weighted by Crippen LogP contribution is -2.16. The number of imidazole rings is 1. The van der Waals surface area contributed by atoms with Crippen molar-refractivity contribution in [2.45, 2.75) is 13.8 Å². The minimum absolute atomic E-state index is 0.223. The summed E-state index contributed by atoms with van der Waals surface area (Å²) < 4.78 is 28.9. The highest BCUT2D eigenvalue weighted by molar-refractivity contribution is 6.04. The van der Waals surface area contributed by atoms with Gasteiger partial charge in [-0.3, -0.25) is 9.36 Å². The molecule has 0 fully saturated rings. The molecule has 3 aromatic rings. The van der Waals surface area contributed by atoms with Crippen LogP contribution in [0.2, 0.25) is 0 Å². The Hall–Kier alpha value is -3.16. The van der Waals surface area contributed by atoms with E-state index < -0.39 is 23.1 Å². The number of aryl methyl sites for hydroxylation is 1. The molecular formula is C16H13F2N5O. The first kappa shape index (κ1) is 15.7. The molecule has 0 saturated carbocycles. The average molecular weight is 329 g/mol. The molecule has 122 valence electrons. The molecule has 0 saturated heterocycles. The predicted molar refractivity (Wildman–Crippen MR) is 82.9 cm³/mol. The van der Waals surface area contributed by atoms with Gasteiger partial charge in [-0.15, -0.1) is 0 Å². The molecule has 0 atom stereocenters. The quantitative estimate of drug-likeness (QED) is 0.802. The van der Waals surface area contributed by atoms with Crippen LogP contribution in [-0.4, -0.2) is 25.4 Å². The molecule has 1 N–H and O–H groups in total. The molecule has 2 heterocycles. The van der Waals surface area contributed by atoms with Gasteiger partial charge in [0.15, 0.2) is 0 Å². The fraction of sp³-hybridized carbons (Fsp3) is 0.125. The molecule has 1 amide bonds. The summed E-state index contributed by atoms with van der Waals surface area (Å²) in [5.41, 5.74) is 1.31. The summed E-state index contributed by atoms with van der Waals surface area (Å²) in [5, 5.41) is 2.37. The van der Waals surface area contributed by atoms with Gasteiger partial charge in [0.2, 0.25) is 5.95 Å². The van der Waals surface area contributed by atoms with Gasteiger partial charge < -0.3 is 5.32 Å². The van der Waals surface area contributed by atoms with Crippen LogP contribution in [0.1, 0.15) is 21.7 Å². The number of anilines is 1. The summed E-state index contributed by atoms with van der Waals surface area (Å²) in [4.78, 5) is 24.4. The average Bonchev–Trinajstić information content (AvgIpc) is 2.88. The number of rotatable bonds is 3. The molecule has 2 aromatic heterocycles. The third-order valence-corrected chi connectivity index (χ3v) is 3.55. The number of hydrogen-bond acceptors (Lipinski definition) is 4. The van der Waals surface area contributed by atoms with Crippen LogP contribution in [-0.2, 0) is 0 Å². The topological polar surface area (TPSA) is 72.7 Å². The molecule has 1 aromatic carbocycles. The lowest BCUT2D eigenvalue weighted by molar-refractivity contribution is 0.101. The molecule has 0 spiro atoms. The van der Waals surface area contributed by atoms with Gasteiger partial charge in [-0.1, -0.05) is 6.07 Å². The van der Waals surface area contributed by atoms with Crippen LogP contribution in [0.5, 0.6) is 0 Å². The molecule has 3 rings (SSSR count). The second-order valence-electron chi connectivity index (χ2n) is 5.11. The van der Waals surface area contributed by atoms with Crippen LogP contribution < -0.4 is 5.32 Å². The minimum atomic E-state index is -0.936. The zero-order chi connectivity index (χ0) is 17.3. The zero-order valence-electron chi connectivity index (χ0n) is 12.9. The van der Waals surface area contributed by atoms with Crippen LogP contribution >= 0.6 is 0 Å². The van der Waals surface area contributed by atoms with E-state index in [1.165, 1.54) is 18.5 Å². The fourth-order valence-electron chi connectivity index (χ4n) is 2.12. The number of aromatic nitrogens is 4. The standard InChI is InChI=1S/C16H13F2N5O/c1-9-10(2)23(8-21-9)16-19-6-11(7-20-16)22-15(24)14-12(17)4-3-5-13(14)18/h3-8H,1-2H3,(H,22,24). The number of nitrogens with zero attached hydrogens (tertiary/aromatic N) is 4. The molecule has 0 bridgehead atoms. The van der Waals surface area contributed by atoms with Crippen molar-refractivity contribution in [2.24, 2.45) is 0 Å². The Labute approximate surface area is 136 Å². The van der Waals surface area contributed by atoms with Crippen molar-refractivity contribution in [3.63, 3.8) is 0 Å². The monoisotopic (exact) mass is 329 g/mol. The van der Waals surface area contributed by atoms with Gasteiger partial charge in [0.25, 0.3) is 5.91 Å². The Morgan fingerprint density at radius 2 is 1.71 bits per heavy atom. The second kappa shape index (κ2) is 6.15. The van der Waals surface area contributed by atoms with Gasteiger partial charge in [0, 0.05) is 5.69 Å². The Kier molecular flexibility index (Phi) is 4.03. The van der Waals surface area contributed by atoms with E-state index in [0.717, 1.165) is 23.5 Å². The minimum Gasteiger partial charge on any atom is -0.319 e. The van der Waals surface area contributed by atoms with E-state index in [1.54, 1.807) is 10.9 Å². The number of hydrogen-bond donors (Lipinski definition) is 1. The molecule has 0 aliphatic heterocycles. The predicted octanol–water partition coefficient (Wildman–Crippen LogP) is 2.81. The largest absolute Gasteiger partial charge is 0.319 e. The van der Waals surface area contributed by atoms with Gasteiger partial charge in [0.1, 0.15) is 23.5 Å². The maximum Gasteiger partial charge on any atom is 0.261 e.